The van der Waals surface area contributed by atoms with E-state index in [-0.39, 0.29) is 9.79 Å². The first-order valence-electron chi connectivity index (χ1n) is 6.65. The summed E-state index contributed by atoms with van der Waals surface area (Å²) in [4.78, 5) is 0.228. The van der Waals surface area contributed by atoms with E-state index in [1.807, 2.05) is 0 Å². The van der Waals surface area contributed by atoms with Gasteiger partial charge in [0.25, 0.3) is 0 Å². The van der Waals surface area contributed by atoms with Gasteiger partial charge in [0.15, 0.2) is 9.84 Å². The summed E-state index contributed by atoms with van der Waals surface area (Å²) in [5.74, 6) is -0.495. The molecule has 1 aliphatic rings. The van der Waals surface area contributed by atoms with Crippen LogP contribution in [0.3, 0.4) is 0 Å². The molecule has 3 nitrogen and oxygen atoms in total. The van der Waals surface area contributed by atoms with Crippen LogP contribution in [0.1, 0.15) is 37.7 Å². The monoisotopic (exact) mass is 317 g/mol. The first-order chi connectivity index (χ1) is 9.28. The Kier molecular flexibility index (Phi) is 4.47. The van der Waals surface area contributed by atoms with Gasteiger partial charge < -0.3 is 5.73 Å². The summed E-state index contributed by atoms with van der Waals surface area (Å²) in [5, 5.41) is 0. The van der Waals surface area contributed by atoms with Gasteiger partial charge in [-0.2, -0.15) is 0 Å². The van der Waals surface area contributed by atoms with Gasteiger partial charge in [-0.15, -0.1) is 11.8 Å². The maximum absolute atomic E-state index is 14.2. The number of rotatable bonds is 3. The van der Waals surface area contributed by atoms with E-state index in [1.54, 1.807) is 12.3 Å². The molecular formula is C14H20FNO2S2. The van der Waals surface area contributed by atoms with Crippen LogP contribution >= 0.6 is 11.8 Å². The molecule has 0 amide bonds. The zero-order chi connectivity index (χ0) is 15.0. The fourth-order valence-electron chi connectivity index (χ4n) is 2.80. The Hall–Kier alpha value is -0.590. The number of halogens is 1. The summed E-state index contributed by atoms with van der Waals surface area (Å²) in [5.41, 5.74) is 6.39. The molecule has 112 valence electrons. The van der Waals surface area contributed by atoms with Crippen LogP contribution in [0.2, 0.25) is 0 Å². The third kappa shape index (κ3) is 3.02. The van der Waals surface area contributed by atoms with Gasteiger partial charge in [0.2, 0.25) is 0 Å². The molecular weight excluding hydrogens is 297 g/mol. The topological polar surface area (TPSA) is 60.2 Å². The molecule has 0 unspecified atom stereocenters. The molecule has 6 heteroatoms. The summed E-state index contributed by atoms with van der Waals surface area (Å²) < 4.78 is 38.0. The molecule has 1 saturated carbocycles. The summed E-state index contributed by atoms with van der Waals surface area (Å²) in [6, 6.07) is 2.97. The van der Waals surface area contributed by atoms with Crippen LogP contribution in [0.4, 0.5) is 4.39 Å². The molecule has 0 saturated heterocycles. The van der Waals surface area contributed by atoms with Gasteiger partial charge in [0.05, 0.1) is 9.79 Å². The van der Waals surface area contributed by atoms with Crippen molar-refractivity contribution in [1.82, 2.24) is 0 Å². The number of thioether (sulfide) groups is 1. The molecule has 1 aromatic rings. The van der Waals surface area contributed by atoms with Gasteiger partial charge in [-0.25, -0.2) is 12.8 Å². The Bertz CT molecular complexity index is 608. The van der Waals surface area contributed by atoms with Crippen molar-refractivity contribution in [3.05, 3.63) is 23.5 Å². The zero-order valence-corrected chi connectivity index (χ0v) is 13.4. The predicted molar refractivity (Wildman–Crippen MR) is 80.2 cm³/mol. The van der Waals surface area contributed by atoms with E-state index in [0.29, 0.717) is 5.56 Å². The predicted octanol–water partition coefficient (Wildman–Crippen LogP) is 3.07. The fraction of sp³-hybridized carbons (Fsp3) is 0.571. The van der Waals surface area contributed by atoms with Crippen LogP contribution in [-0.2, 0) is 15.4 Å². The number of sulfone groups is 1. The van der Waals surface area contributed by atoms with Gasteiger partial charge in [0.1, 0.15) is 5.82 Å². The van der Waals surface area contributed by atoms with Crippen LogP contribution in [0, 0.1) is 5.82 Å². The Labute approximate surface area is 124 Å². The van der Waals surface area contributed by atoms with Crippen molar-refractivity contribution in [1.29, 1.82) is 0 Å². The number of benzene rings is 1. The van der Waals surface area contributed by atoms with Crippen molar-refractivity contribution < 1.29 is 12.8 Å². The lowest BCUT2D eigenvalue weighted by molar-refractivity contribution is 0.300. The average molecular weight is 317 g/mol. The quantitative estimate of drug-likeness (QED) is 0.870. The summed E-state index contributed by atoms with van der Waals surface area (Å²) in [6.45, 7) is 0. The lowest BCUT2D eigenvalue weighted by Gasteiger charge is -2.34. The summed E-state index contributed by atoms with van der Waals surface area (Å²) >= 11 is 1.11. The fourth-order valence-corrected chi connectivity index (χ4v) is 4.79. The molecule has 2 rings (SSSR count). The van der Waals surface area contributed by atoms with Crippen molar-refractivity contribution >= 4 is 21.6 Å². The van der Waals surface area contributed by atoms with E-state index in [9.17, 15) is 12.8 Å². The van der Waals surface area contributed by atoms with Gasteiger partial charge in [-0.3, -0.25) is 0 Å². The van der Waals surface area contributed by atoms with Crippen molar-refractivity contribution in [2.45, 2.75) is 47.4 Å². The van der Waals surface area contributed by atoms with Crippen LogP contribution < -0.4 is 5.73 Å². The van der Waals surface area contributed by atoms with Gasteiger partial charge in [0, 0.05) is 11.8 Å². The van der Waals surface area contributed by atoms with Crippen LogP contribution in [0.5, 0.6) is 0 Å². The van der Waals surface area contributed by atoms with Crippen molar-refractivity contribution in [3.8, 4) is 0 Å². The first kappa shape index (κ1) is 15.8. The third-order valence-corrected chi connectivity index (χ3v) is 6.01. The SMILES string of the molecule is CSc1c(F)cc(C2(N)CCCCC2)cc1S(C)(=O)=O. The maximum Gasteiger partial charge on any atom is 0.176 e. The first-order valence-corrected chi connectivity index (χ1v) is 9.76. The minimum Gasteiger partial charge on any atom is -0.321 e. The van der Waals surface area contributed by atoms with Crippen LogP contribution in [-0.4, -0.2) is 20.9 Å². The molecule has 1 aromatic carbocycles. The molecule has 2 N–H and O–H groups in total. The lowest BCUT2D eigenvalue weighted by Crippen LogP contribution is -2.38. The maximum atomic E-state index is 14.2. The number of hydrogen-bond donors (Lipinski definition) is 1. The third-order valence-electron chi connectivity index (χ3n) is 3.93. The second-order valence-electron chi connectivity index (χ2n) is 5.48. The van der Waals surface area contributed by atoms with E-state index in [2.05, 4.69) is 0 Å². The average Bonchev–Trinajstić information content (AvgIpc) is 2.37. The van der Waals surface area contributed by atoms with Crippen LogP contribution in [0.15, 0.2) is 21.9 Å². The Morgan fingerprint density at radius 2 is 1.85 bits per heavy atom. The summed E-state index contributed by atoms with van der Waals surface area (Å²) in [7, 11) is -3.47. The number of nitrogens with two attached hydrogens (primary N) is 1. The van der Waals surface area contributed by atoms with E-state index < -0.39 is 21.2 Å². The van der Waals surface area contributed by atoms with E-state index >= 15 is 0 Å². The zero-order valence-electron chi connectivity index (χ0n) is 11.8. The van der Waals surface area contributed by atoms with Gasteiger partial charge in [-0.05, 0) is 36.8 Å². The van der Waals surface area contributed by atoms with E-state index in [1.165, 1.54) is 6.07 Å². The van der Waals surface area contributed by atoms with Crippen LogP contribution in [0.25, 0.3) is 0 Å². The molecule has 0 bridgehead atoms. The second kappa shape index (κ2) is 5.66. The Balaban J connectivity index is 2.59. The van der Waals surface area contributed by atoms with Gasteiger partial charge in [-0.1, -0.05) is 19.3 Å². The van der Waals surface area contributed by atoms with Crippen molar-refractivity contribution in [3.63, 3.8) is 0 Å². The second-order valence-corrected chi connectivity index (χ2v) is 8.28. The molecule has 1 aliphatic carbocycles. The molecule has 0 aromatic heterocycles. The highest BCUT2D eigenvalue weighted by molar-refractivity contribution is 7.99. The lowest BCUT2D eigenvalue weighted by atomic mass is 9.77. The summed E-state index contributed by atoms with van der Waals surface area (Å²) in [6.07, 6.45) is 7.44. The van der Waals surface area contributed by atoms with E-state index in [0.717, 1.165) is 50.1 Å². The normalized spacial score (nSPS) is 19.0. The highest BCUT2D eigenvalue weighted by Gasteiger charge is 2.32. The van der Waals surface area contributed by atoms with Crippen molar-refractivity contribution in [2.24, 2.45) is 5.73 Å². The molecule has 0 heterocycles. The van der Waals surface area contributed by atoms with Crippen molar-refractivity contribution in [2.75, 3.05) is 12.5 Å². The standard InChI is InChI=1S/C14H20FNO2S2/c1-19-13-11(15)8-10(9-12(13)20(2,17)18)14(16)6-4-3-5-7-14/h8-9H,3-7,16H2,1-2H3. The smallest absolute Gasteiger partial charge is 0.176 e. The Morgan fingerprint density at radius 1 is 1.25 bits per heavy atom. The molecule has 0 aliphatic heterocycles. The van der Waals surface area contributed by atoms with Gasteiger partial charge >= 0.3 is 0 Å². The van der Waals surface area contributed by atoms with E-state index in [4.69, 9.17) is 5.73 Å². The Morgan fingerprint density at radius 3 is 2.35 bits per heavy atom. The highest BCUT2D eigenvalue weighted by atomic mass is 32.2. The molecule has 0 atom stereocenters. The largest absolute Gasteiger partial charge is 0.321 e. The minimum absolute atomic E-state index is 0.0513. The number of hydrogen-bond acceptors (Lipinski definition) is 4. The highest BCUT2D eigenvalue weighted by Crippen LogP contribution is 2.38. The minimum atomic E-state index is -3.47. The molecule has 0 spiro atoms. The molecule has 20 heavy (non-hydrogen) atoms. The molecule has 0 radical (unpaired) electrons. The molecule has 1 fully saturated rings.